The molecule has 3 aromatic rings. The molecule has 0 spiro atoms. The minimum atomic E-state index is -0.225. The van der Waals surface area contributed by atoms with E-state index in [9.17, 15) is 4.79 Å². The summed E-state index contributed by atoms with van der Waals surface area (Å²) in [5, 5.41) is 8.70. The van der Waals surface area contributed by atoms with Gasteiger partial charge in [-0.1, -0.05) is 42.0 Å². The Kier molecular flexibility index (Phi) is 5.50. The topological polar surface area (TPSA) is 59.3 Å². The van der Waals surface area contributed by atoms with E-state index in [0.717, 1.165) is 28.2 Å². The van der Waals surface area contributed by atoms with E-state index >= 15 is 0 Å². The highest BCUT2D eigenvalue weighted by atomic mass is 16.2. The molecule has 1 amide bonds. The van der Waals surface area contributed by atoms with E-state index in [1.165, 1.54) is 5.56 Å². The smallest absolute Gasteiger partial charge is 0.267 e. The lowest BCUT2D eigenvalue weighted by molar-refractivity contribution is 0.0954. The Morgan fingerprint density at radius 1 is 1.04 bits per heavy atom. The van der Waals surface area contributed by atoms with Gasteiger partial charge in [-0.05, 0) is 57.0 Å². The van der Waals surface area contributed by atoms with Gasteiger partial charge in [0.05, 0.1) is 18.0 Å². The third-order valence-corrected chi connectivity index (χ3v) is 4.42. The second-order valence-electron chi connectivity index (χ2n) is 6.79. The lowest BCUT2D eigenvalue weighted by Gasteiger charge is -2.07. The molecule has 1 aromatic heterocycles. The van der Waals surface area contributed by atoms with Crippen molar-refractivity contribution in [2.75, 3.05) is 0 Å². The summed E-state index contributed by atoms with van der Waals surface area (Å²) in [5.41, 5.74) is 9.27. The van der Waals surface area contributed by atoms with Crippen LogP contribution in [0.4, 0.5) is 0 Å². The first kappa shape index (κ1) is 18.6. The predicted molar refractivity (Wildman–Crippen MR) is 108 cm³/mol. The van der Waals surface area contributed by atoms with Gasteiger partial charge >= 0.3 is 0 Å². The maximum Gasteiger partial charge on any atom is 0.271 e. The normalized spacial score (nSPS) is 11.5. The largest absolute Gasteiger partial charge is 0.271 e. The summed E-state index contributed by atoms with van der Waals surface area (Å²) in [6, 6.07) is 17.6. The molecule has 0 aliphatic rings. The fraction of sp³-hybridized carbons (Fsp3) is 0.227. The highest BCUT2D eigenvalue weighted by molar-refractivity contribution is 6.00. The van der Waals surface area contributed by atoms with Gasteiger partial charge in [0.2, 0.25) is 0 Å². The van der Waals surface area contributed by atoms with Crippen molar-refractivity contribution >= 4 is 11.6 Å². The number of benzene rings is 2. The molecule has 27 heavy (non-hydrogen) atoms. The molecule has 0 aliphatic heterocycles. The first-order valence-electron chi connectivity index (χ1n) is 8.94. The molecule has 0 fully saturated rings. The molecule has 5 heteroatoms. The van der Waals surface area contributed by atoms with Gasteiger partial charge in [0.25, 0.3) is 5.91 Å². The summed E-state index contributed by atoms with van der Waals surface area (Å²) in [5.74, 6) is -0.225. The third kappa shape index (κ3) is 4.70. The average molecular weight is 360 g/mol. The van der Waals surface area contributed by atoms with Crippen LogP contribution in [0.2, 0.25) is 0 Å². The van der Waals surface area contributed by atoms with Crippen molar-refractivity contribution < 1.29 is 4.79 Å². The molecule has 0 atom stereocenters. The first-order valence-corrected chi connectivity index (χ1v) is 8.94. The van der Waals surface area contributed by atoms with Crippen LogP contribution in [0.25, 0.3) is 0 Å². The Bertz CT molecular complexity index is 984. The fourth-order valence-corrected chi connectivity index (χ4v) is 2.88. The number of amides is 1. The Balaban J connectivity index is 1.70. The van der Waals surface area contributed by atoms with Crippen molar-refractivity contribution in [1.29, 1.82) is 0 Å². The van der Waals surface area contributed by atoms with Gasteiger partial charge < -0.3 is 0 Å². The van der Waals surface area contributed by atoms with Crippen LogP contribution in [-0.4, -0.2) is 21.4 Å². The number of hydrogen-bond donors (Lipinski definition) is 1. The van der Waals surface area contributed by atoms with E-state index in [1.807, 2.05) is 80.9 Å². The number of carbonyl (C=O) groups is 1. The van der Waals surface area contributed by atoms with Crippen LogP contribution in [0.3, 0.4) is 0 Å². The molecule has 0 bridgehead atoms. The number of hydrogen-bond acceptors (Lipinski definition) is 3. The summed E-state index contributed by atoms with van der Waals surface area (Å²) in [4.78, 5) is 12.5. The van der Waals surface area contributed by atoms with Crippen LogP contribution in [0.5, 0.6) is 0 Å². The van der Waals surface area contributed by atoms with Gasteiger partial charge in [0.15, 0.2) is 0 Å². The highest BCUT2D eigenvalue weighted by Crippen LogP contribution is 2.10. The molecule has 0 radical (unpaired) electrons. The van der Waals surface area contributed by atoms with Crippen molar-refractivity contribution in [1.82, 2.24) is 15.2 Å². The number of nitrogens with zero attached hydrogens (tertiary/aromatic N) is 3. The highest BCUT2D eigenvalue weighted by Gasteiger charge is 2.08. The van der Waals surface area contributed by atoms with E-state index in [-0.39, 0.29) is 5.91 Å². The zero-order valence-corrected chi connectivity index (χ0v) is 16.2. The lowest BCUT2D eigenvalue weighted by Crippen LogP contribution is -2.19. The standard InChI is InChI=1S/C22H24N4O/c1-15-8-10-20(11-9-15)18(4)23-24-22(27)21-7-5-6-19(13-21)14-26-17(3)12-16(2)25-26/h5-13H,14H2,1-4H3,(H,24,27)/b23-18+. The number of rotatable bonds is 5. The maximum atomic E-state index is 12.5. The number of carbonyl (C=O) groups excluding carboxylic acids is 1. The number of aryl methyl sites for hydroxylation is 3. The number of aromatic nitrogens is 2. The van der Waals surface area contributed by atoms with Gasteiger partial charge in [0, 0.05) is 11.3 Å². The van der Waals surface area contributed by atoms with E-state index in [4.69, 9.17) is 0 Å². The summed E-state index contributed by atoms with van der Waals surface area (Å²) in [6.07, 6.45) is 0. The van der Waals surface area contributed by atoms with E-state index < -0.39 is 0 Å². The summed E-state index contributed by atoms with van der Waals surface area (Å²) < 4.78 is 1.94. The number of nitrogens with one attached hydrogen (secondary N) is 1. The van der Waals surface area contributed by atoms with E-state index in [0.29, 0.717) is 12.1 Å². The fourth-order valence-electron chi connectivity index (χ4n) is 2.88. The quantitative estimate of drug-likeness (QED) is 0.552. The molecular formula is C22H24N4O. The Labute approximate surface area is 159 Å². The Morgan fingerprint density at radius 2 is 1.78 bits per heavy atom. The molecule has 3 rings (SSSR count). The molecule has 1 heterocycles. The third-order valence-electron chi connectivity index (χ3n) is 4.42. The molecule has 138 valence electrons. The minimum Gasteiger partial charge on any atom is -0.267 e. The van der Waals surface area contributed by atoms with Crippen molar-refractivity contribution in [3.05, 3.63) is 88.2 Å². The van der Waals surface area contributed by atoms with Gasteiger partial charge in [-0.2, -0.15) is 10.2 Å². The summed E-state index contributed by atoms with van der Waals surface area (Å²) in [6.45, 7) is 8.55. The van der Waals surface area contributed by atoms with Crippen LogP contribution in [0, 0.1) is 20.8 Å². The van der Waals surface area contributed by atoms with Gasteiger partial charge in [-0.15, -0.1) is 0 Å². The van der Waals surface area contributed by atoms with Crippen LogP contribution in [0.15, 0.2) is 59.7 Å². The minimum absolute atomic E-state index is 0.225. The maximum absolute atomic E-state index is 12.5. The van der Waals surface area contributed by atoms with Crippen LogP contribution in [0.1, 0.15) is 45.4 Å². The molecule has 0 unspecified atom stereocenters. The van der Waals surface area contributed by atoms with Gasteiger partial charge in [-0.25, -0.2) is 5.43 Å². The average Bonchev–Trinajstić information content (AvgIpc) is 2.97. The van der Waals surface area contributed by atoms with Crippen molar-refractivity contribution in [2.45, 2.75) is 34.2 Å². The van der Waals surface area contributed by atoms with Gasteiger partial charge in [-0.3, -0.25) is 9.48 Å². The predicted octanol–water partition coefficient (Wildman–Crippen LogP) is 4.01. The van der Waals surface area contributed by atoms with Crippen molar-refractivity contribution in [3.63, 3.8) is 0 Å². The zero-order chi connectivity index (χ0) is 19.4. The molecule has 0 saturated carbocycles. The molecule has 1 N–H and O–H groups in total. The second-order valence-corrected chi connectivity index (χ2v) is 6.79. The van der Waals surface area contributed by atoms with Crippen molar-refractivity contribution in [2.24, 2.45) is 5.10 Å². The monoisotopic (exact) mass is 360 g/mol. The van der Waals surface area contributed by atoms with Crippen molar-refractivity contribution in [3.8, 4) is 0 Å². The summed E-state index contributed by atoms with van der Waals surface area (Å²) in [7, 11) is 0. The second kappa shape index (κ2) is 7.99. The first-order chi connectivity index (χ1) is 12.9. The molecule has 0 aliphatic carbocycles. The molecular weight excluding hydrogens is 336 g/mol. The van der Waals surface area contributed by atoms with Gasteiger partial charge in [0.1, 0.15) is 0 Å². The van der Waals surface area contributed by atoms with Crippen LogP contribution >= 0.6 is 0 Å². The van der Waals surface area contributed by atoms with E-state index in [1.54, 1.807) is 6.07 Å². The molecule has 5 nitrogen and oxygen atoms in total. The lowest BCUT2D eigenvalue weighted by atomic mass is 10.1. The molecule has 2 aromatic carbocycles. The zero-order valence-electron chi connectivity index (χ0n) is 16.2. The molecule has 0 saturated heterocycles. The Morgan fingerprint density at radius 3 is 2.44 bits per heavy atom. The Hall–Kier alpha value is -3.21. The number of hydrazone groups is 1. The van der Waals surface area contributed by atoms with E-state index in [2.05, 4.69) is 15.6 Å². The van der Waals surface area contributed by atoms with Crippen LogP contribution < -0.4 is 5.43 Å². The summed E-state index contributed by atoms with van der Waals surface area (Å²) >= 11 is 0. The SMILES string of the molecule is C/C(=N\NC(=O)c1cccc(Cn2nc(C)cc2C)c1)c1ccc(C)cc1. The van der Waals surface area contributed by atoms with Crippen LogP contribution in [-0.2, 0) is 6.54 Å².